The Labute approximate surface area is 76.8 Å². The van der Waals surface area contributed by atoms with Gasteiger partial charge >= 0.3 is 0 Å². The van der Waals surface area contributed by atoms with E-state index in [1.165, 1.54) is 5.54 Å². The highest BCUT2D eigenvalue weighted by molar-refractivity contribution is 6.35. The van der Waals surface area contributed by atoms with Crippen molar-refractivity contribution in [2.75, 3.05) is 6.61 Å². The zero-order chi connectivity index (χ0) is 8.69. The van der Waals surface area contributed by atoms with E-state index in [2.05, 4.69) is 0 Å². The molecule has 4 heteroatoms. The van der Waals surface area contributed by atoms with Crippen LogP contribution < -0.4 is 0 Å². The van der Waals surface area contributed by atoms with Gasteiger partial charge in [-0.25, -0.2) is 0 Å². The highest BCUT2D eigenvalue weighted by Crippen LogP contribution is 2.06. The Morgan fingerprint density at radius 2 is 2.36 bits per heavy atom. The summed E-state index contributed by atoms with van der Waals surface area (Å²) < 4.78 is 4.93. The molecule has 0 rings (SSSR count). The first-order valence-electron chi connectivity index (χ1n) is 3.43. The summed E-state index contributed by atoms with van der Waals surface area (Å²) in [6, 6.07) is 0. The molecule has 0 spiro atoms. The fourth-order valence-corrected chi connectivity index (χ4v) is 0.720. The lowest BCUT2D eigenvalue weighted by Crippen LogP contribution is -2.01. The van der Waals surface area contributed by atoms with Gasteiger partial charge in [0.15, 0.2) is 5.22 Å². The van der Waals surface area contributed by atoms with Crippen LogP contribution in [0.3, 0.4) is 0 Å². The van der Waals surface area contributed by atoms with E-state index in [0.29, 0.717) is 13.0 Å². The Hall–Kier alpha value is 0.0800. The molecule has 0 aromatic carbocycles. The molecular formula is C7H12Cl2O2. The molecule has 66 valence electrons. The van der Waals surface area contributed by atoms with E-state index in [-0.39, 0.29) is 11.3 Å². The van der Waals surface area contributed by atoms with Gasteiger partial charge < -0.3 is 9.84 Å². The van der Waals surface area contributed by atoms with Crippen molar-refractivity contribution in [2.45, 2.75) is 25.9 Å². The maximum absolute atomic E-state index is 8.85. The van der Waals surface area contributed by atoms with Gasteiger partial charge in [-0.3, -0.25) is 0 Å². The molecule has 1 unspecified atom stereocenters. The minimum atomic E-state index is -0.280. The van der Waals surface area contributed by atoms with Crippen LogP contribution in [0.4, 0.5) is 0 Å². The average molecular weight is 199 g/mol. The highest BCUT2D eigenvalue weighted by Gasteiger charge is 1.96. The van der Waals surface area contributed by atoms with Crippen LogP contribution >= 0.6 is 23.2 Å². The highest BCUT2D eigenvalue weighted by atomic mass is 35.5. The van der Waals surface area contributed by atoms with Crippen molar-refractivity contribution >= 4 is 23.2 Å². The first-order valence-corrected chi connectivity index (χ1v) is 4.25. The molecule has 0 saturated carbocycles. The maximum atomic E-state index is 8.85. The molecule has 0 radical (unpaired) electrons. The van der Waals surface area contributed by atoms with E-state index in [1.54, 1.807) is 6.92 Å². The van der Waals surface area contributed by atoms with Crippen LogP contribution in [0.2, 0.25) is 0 Å². The van der Waals surface area contributed by atoms with Crippen LogP contribution in [-0.4, -0.2) is 17.8 Å². The topological polar surface area (TPSA) is 29.5 Å². The SMILES string of the molecule is CC(O)CCCO/C(Cl)=C\Cl. The molecule has 1 N–H and O–H groups in total. The fraction of sp³-hybridized carbons (Fsp3) is 0.714. The summed E-state index contributed by atoms with van der Waals surface area (Å²) in [5, 5.41) is 9.04. The van der Waals surface area contributed by atoms with Crippen molar-refractivity contribution in [3.05, 3.63) is 10.8 Å². The van der Waals surface area contributed by atoms with E-state index < -0.39 is 0 Å². The molecule has 2 nitrogen and oxygen atoms in total. The predicted molar refractivity (Wildman–Crippen MR) is 46.7 cm³/mol. The molecule has 0 heterocycles. The number of hydrogen-bond acceptors (Lipinski definition) is 2. The van der Waals surface area contributed by atoms with Crippen LogP contribution in [0, 0.1) is 0 Å². The minimum absolute atomic E-state index is 0.192. The number of rotatable bonds is 5. The second-order valence-electron chi connectivity index (χ2n) is 2.25. The van der Waals surface area contributed by atoms with Gasteiger partial charge in [0.25, 0.3) is 0 Å². The number of ether oxygens (including phenoxy) is 1. The lowest BCUT2D eigenvalue weighted by Gasteiger charge is -2.04. The molecule has 0 aliphatic carbocycles. The molecular weight excluding hydrogens is 187 g/mol. The quantitative estimate of drug-likeness (QED) is 0.544. The first-order chi connectivity index (χ1) is 5.16. The van der Waals surface area contributed by atoms with Crippen LogP contribution in [0.15, 0.2) is 10.8 Å². The summed E-state index contributed by atoms with van der Waals surface area (Å²) in [7, 11) is 0. The third-order valence-electron chi connectivity index (χ3n) is 1.09. The van der Waals surface area contributed by atoms with E-state index in [1.807, 2.05) is 0 Å². The predicted octanol–water partition coefficient (Wildman–Crippen LogP) is 2.44. The van der Waals surface area contributed by atoms with Crippen LogP contribution in [-0.2, 0) is 4.74 Å². The molecule has 1 atom stereocenters. The Morgan fingerprint density at radius 3 is 2.82 bits per heavy atom. The lowest BCUT2D eigenvalue weighted by atomic mass is 10.2. The van der Waals surface area contributed by atoms with Crippen molar-refractivity contribution < 1.29 is 9.84 Å². The second kappa shape index (κ2) is 6.77. The minimum Gasteiger partial charge on any atom is -0.482 e. The third-order valence-corrected chi connectivity index (χ3v) is 1.62. The Bertz CT molecular complexity index is 124. The van der Waals surface area contributed by atoms with Gasteiger partial charge in [-0.2, -0.15) is 0 Å². The molecule has 0 saturated heterocycles. The largest absolute Gasteiger partial charge is 0.482 e. The zero-order valence-electron chi connectivity index (χ0n) is 6.39. The summed E-state index contributed by atoms with van der Waals surface area (Å²) in [4.78, 5) is 0. The van der Waals surface area contributed by atoms with Gasteiger partial charge in [0, 0.05) is 0 Å². The molecule has 0 aromatic rings. The molecule has 0 aliphatic rings. The summed E-state index contributed by atoms with van der Waals surface area (Å²) in [5.41, 5.74) is 1.17. The van der Waals surface area contributed by atoms with Gasteiger partial charge in [0.2, 0.25) is 0 Å². The number of halogens is 2. The number of aliphatic hydroxyl groups excluding tert-OH is 1. The Kier molecular flexibility index (Phi) is 6.82. The van der Waals surface area contributed by atoms with Crippen molar-refractivity contribution in [1.29, 1.82) is 0 Å². The Morgan fingerprint density at radius 1 is 1.73 bits per heavy atom. The average Bonchev–Trinajstić information content (AvgIpc) is 1.97. The van der Waals surface area contributed by atoms with E-state index in [9.17, 15) is 0 Å². The molecule has 0 aromatic heterocycles. The fourth-order valence-electron chi connectivity index (χ4n) is 0.580. The summed E-state index contributed by atoms with van der Waals surface area (Å²) in [5.74, 6) is 0. The zero-order valence-corrected chi connectivity index (χ0v) is 7.90. The summed E-state index contributed by atoms with van der Waals surface area (Å²) in [6.07, 6.45) is 1.21. The summed E-state index contributed by atoms with van der Waals surface area (Å²) >= 11 is 10.7. The van der Waals surface area contributed by atoms with Crippen molar-refractivity contribution in [3.8, 4) is 0 Å². The standard InChI is InChI=1S/C7H12Cl2O2/c1-6(10)3-2-4-11-7(9)5-8/h5-6,10H,2-4H2,1H3/b7-5-. The molecule has 0 bridgehead atoms. The van der Waals surface area contributed by atoms with Gasteiger partial charge in [0.1, 0.15) is 0 Å². The summed E-state index contributed by atoms with van der Waals surface area (Å²) in [6.45, 7) is 2.23. The van der Waals surface area contributed by atoms with Crippen LogP contribution in [0.1, 0.15) is 19.8 Å². The van der Waals surface area contributed by atoms with Crippen molar-refractivity contribution in [2.24, 2.45) is 0 Å². The molecule has 11 heavy (non-hydrogen) atoms. The van der Waals surface area contributed by atoms with E-state index >= 15 is 0 Å². The third kappa shape index (κ3) is 7.98. The molecule has 0 aliphatic heterocycles. The molecule has 0 amide bonds. The van der Waals surface area contributed by atoms with E-state index in [4.69, 9.17) is 33.0 Å². The molecule has 0 fully saturated rings. The smallest absolute Gasteiger partial charge is 0.198 e. The van der Waals surface area contributed by atoms with Gasteiger partial charge in [-0.1, -0.05) is 11.6 Å². The van der Waals surface area contributed by atoms with Gasteiger partial charge in [0.05, 0.1) is 18.2 Å². The van der Waals surface area contributed by atoms with Crippen molar-refractivity contribution in [1.82, 2.24) is 0 Å². The van der Waals surface area contributed by atoms with Crippen molar-refractivity contribution in [3.63, 3.8) is 0 Å². The number of hydrogen-bond donors (Lipinski definition) is 1. The van der Waals surface area contributed by atoms with Gasteiger partial charge in [-0.05, 0) is 31.4 Å². The number of aliphatic hydroxyl groups is 1. The Balaban J connectivity index is 3.15. The van der Waals surface area contributed by atoms with E-state index in [0.717, 1.165) is 6.42 Å². The lowest BCUT2D eigenvalue weighted by molar-refractivity contribution is 0.158. The van der Waals surface area contributed by atoms with Gasteiger partial charge in [-0.15, -0.1) is 0 Å². The van der Waals surface area contributed by atoms with Crippen LogP contribution in [0.25, 0.3) is 0 Å². The monoisotopic (exact) mass is 198 g/mol. The van der Waals surface area contributed by atoms with Crippen LogP contribution in [0.5, 0.6) is 0 Å². The first kappa shape index (κ1) is 11.1. The normalized spacial score (nSPS) is 14.7. The maximum Gasteiger partial charge on any atom is 0.198 e. The second-order valence-corrected chi connectivity index (χ2v) is 2.84.